The fourth-order valence-electron chi connectivity index (χ4n) is 2.89. The number of carbonyl (C=O) groups excluding carboxylic acids is 1. The molecule has 2 amide bonds. The van der Waals surface area contributed by atoms with Crippen LogP contribution in [0.4, 0.5) is 16.2 Å². The normalized spacial score (nSPS) is 11.5. The zero-order valence-corrected chi connectivity index (χ0v) is 15.7. The second-order valence-corrected chi connectivity index (χ2v) is 6.51. The van der Waals surface area contributed by atoms with Crippen LogP contribution in [0.2, 0.25) is 0 Å². The molecule has 1 unspecified atom stereocenters. The Labute approximate surface area is 163 Å². The summed E-state index contributed by atoms with van der Waals surface area (Å²) in [5.41, 5.74) is 3.57. The van der Waals surface area contributed by atoms with Gasteiger partial charge >= 0.3 is 6.03 Å². The number of benzene rings is 3. The van der Waals surface area contributed by atoms with Crippen LogP contribution in [0.3, 0.4) is 0 Å². The van der Waals surface area contributed by atoms with Crippen molar-refractivity contribution in [2.24, 2.45) is 0 Å². The van der Waals surface area contributed by atoms with Crippen LogP contribution in [0.15, 0.2) is 78.9 Å². The van der Waals surface area contributed by atoms with Gasteiger partial charge in [-0.2, -0.15) is 0 Å². The highest BCUT2D eigenvalue weighted by Crippen LogP contribution is 2.25. The first-order valence-electron chi connectivity index (χ1n) is 8.89. The van der Waals surface area contributed by atoms with Crippen LogP contribution in [0.5, 0.6) is 0 Å². The first-order chi connectivity index (χ1) is 13.5. The smallest absolute Gasteiger partial charge is 0.321 e. The van der Waals surface area contributed by atoms with Gasteiger partial charge in [-0.1, -0.05) is 54.6 Å². The standard InChI is InChI=1S/C22H21N3O3/c1-16(19-9-6-10-21(15-19)25(27)28)24(2)22(26)23-20-13-11-18(12-14-20)17-7-4-3-5-8-17/h3-16H,1-2H3,(H,23,26). The maximum Gasteiger partial charge on any atom is 0.322 e. The highest BCUT2D eigenvalue weighted by molar-refractivity contribution is 5.89. The number of non-ortho nitro benzene ring substituents is 1. The van der Waals surface area contributed by atoms with Gasteiger partial charge in [0, 0.05) is 24.9 Å². The van der Waals surface area contributed by atoms with E-state index in [0.717, 1.165) is 11.1 Å². The molecule has 3 aromatic rings. The number of hydrogen-bond acceptors (Lipinski definition) is 3. The van der Waals surface area contributed by atoms with Gasteiger partial charge in [0.05, 0.1) is 11.0 Å². The monoisotopic (exact) mass is 375 g/mol. The number of carbonyl (C=O) groups is 1. The topological polar surface area (TPSA) is 75.5 Å². The lowest BCUT2D eigenvalue weighted by molar-refractivity contribution is -0.384. The van der Waals surface area contributed by atoms with Crippen molar-refractivity contribution in [2.75, 3.05) is 12.4 Å². The predicted octanol–water partition coefficient (Wildman–Crippen LogP) is 5.49. The predicted molar refractivity (Wildman–Crippen MR) is 110 cm³/mol. The number of nitro benzene ring substituents is 1. The summed E-state index contributed by atoms with van der Waals surface area (Å²) in [5.74, 6) is 0. The highest BCUT2D eigenvalue weighted by Gasteiger charge is 2.19. The van der Waals surface area contributed by atoms with Crippen molar-refractivity contribution < 1.29 is 9.72 Å². The van der Waals surface area contributed by atoms with Crippen molar-refractivity contribution in [3.05, 3.63) is 94.5 Å². The Kier molecular flexibility index (Phi) is 5.69. The molecule has 6 heteroatoms. The number of anilines is 1. The molecule has 3 rings (SSSR count). The third kappa shape index (κ3) is 4.35. The average molecular weight is 375 g/mol. The van der Waals surface area contributed by atoms with Gasteiger partial charge in [0.1, 0.15) is 0 Å². The molecule has 6 nitrogen and oxygen atoms in total. The van der Waals surface area contributed by atoms with E-state index in [1.807, 2.05) is 61.5 Å². The fourth-order valence-corrected chi connectivity index (χ4v) is 2.89. The van der Waals surface area contributed by atoms with Gasteiger partial charge in [0.2, 0.25) is 0 Å². The van der Waals surface area contributed by atoms with Gasteiger partial charge in [-0.05, 0) is 35.7 Å². The van der Waals surface area contributed by atoms with E-state index in [1.54, 1.807) is 19.2 Å². The lowest BCUT2D eigenvalue weighted by Crippen LogP contribution is -2.33. The van der Waals surface area contributed by atoms with Crippen LogP contribution in [-0.2, 0) is 0 Å². The molecule has 0 saturated carbocycles. The molecule has 0 aromatic heterocycles. The SMILES string of the molecule is CC(c1cccc([N+](=O)[O-])c1)N(C)C(=O)Nc1ccc(-c2ccccc2)cc1. The van der Waals surface area contributed by atoms with Crippen molar-refractivity contribution in [3.8, 4) is 11.1 Å². The fraction of sp³-hybridized carbons (Fsp3) is 0.136. The molecule has 28 heavy (non-hydrogen) atoms. The second-order valence-electron chi connectivity index (χ2n) is 6.51. The van der Waals surface area contributed by atoms with Gasteiger partial charge in [0.15, 0.2) is 0 Å². The summed E-state index contributed by atoms with van der Waals surface area (Å²) >= 11 is 0. The number of nitrogens with zero attached hydrogens (tertiary/aromatic N) is 2. The summed E-state index contributed by atoms with van der Waals surface area (Å²) in [7, 11) is 1.66. The molecule has 0 fully saturated rings. The molecule has 1 N–H and O–H groups in total. The van der Waals surface area contributed by atoms with Crippen molar-refractivity contribution in [2.45, 2.75) is 13.0 Å². The number of amides is 2. The molecule has 0 aliphatic heterocycles. The third-order valence-corrected chi connectivity index (χ3v) is 4.71. The van der Waals surface area contributed by atoms with E-state index in [1.165, 1.54) is 17.0 Å². The van der Waals surface area contributed by atoms with Crippen LogP contribution < -0.4 is 5.32 Å². The second kappa shape index (κ2) is 8.35. The van der Waals surface area contributed by atoms with Gasteiger partial charge in [-0.15, -0.1) is 0 Å². The summed E-state index contributed by atoms with van der Waals surface area (Å²) in [6, 6.07) is 23.3. The number of rotatable bonds is 5. The summed E-state index contributed by atoms with van der Waals surface area (Å²) in [6.45, 7) is 1.83. The largest absolute Gasteiger partial charge is 0.322 e. The van der Waals surface area contributed by atoms with E-state index < -0.39 is 4.92 Å². The van der Waals surface area contributed by atoms with E-state index in [2.05, 4.69) is 5.32 Å². The zero-order chi connectivity index (χ0) is 20.1. The summed E-state index contributed by atoms with van der Waals surface area (Å²) in [5, 5.41) is 13.8. The Balaban J connectivity index is 1.68. The minimum Gasteiger partial charge on any atom is -0.321 e. The molecule has 0 aliphatic rings. The first kappa shape index (κ1) is 19.1. The van der Waals surface area contributed by atoms with Crippen LogP contribution in [-0.4, -0.2) is 22.9 Å². The number of nitrogens with one attached hydrogen (secondary N) is 1. The molecule has 3 aromatic carbocycles. The van der Waals surface area contributed by atoms with Gasteiger partial charge < -0.3 is 10.2 Å². The first-order valence-corrected chi connectivity index (χ1v) is 8.89. The Morgan fingerprint density at radius 3 is 2.25 bits per heavy atom. The lowest BCUT2D eigenvalue weighted by atomic mass is 10.1. The Morgan fingerprint density at radius 1 is 0.964 bits per heavy atom. The lowest BCUT2D eigenvalue weighted by Gasteiger charge is -2.25. The van der Waals surface area contributed by atoms with E-state index in [0.29, 0.717) is 11.3 Å². The third-order valence-electron chi connectivity index (χ3n) is 4.71. The minimum absolute atomic E-state index is 0.00894. The van der Waals surface area contributed by atoms with Crippen molar-refractivity contribution in [1.29, 1.82) is 0 Å². The van der Waals surface area contributed by atoms with Crippen LogP contribution >= 0.6 is 0 Å². The van der Waals surface area contributed by atoms with Crippen molar-refractivity contribution in [3.63, 3.8) is 0 Å². The zero-order valence-electron chi connectivity index (χ0n) is 15.7. The van der Waals surface area contributed by atoms with Gasteiger partial charge in [-0.25, -0.2) is 4.79 Å². The number of urea groups is 1. The Hall–Kier alpha value is -3.67. The Bertz CT molecular complexity index is 972. The van der Waals surface area contributed by atoms with Gasteiger partial charge in [0.25, 0.3) is 5.69 Å². The number of nitro groups is 1. The highest BCUT2D eigenvalue weighted by atomic mass is 16.6. The molecule has 0 saturated heterocycles. The van der Waals surface area contributed by atoms with Crippen LogP contribution in [0.1, 0.15) is 18.5 Å². The van der Waals surface area contributed by atoms with E-state index in [4.69, 9.17) is 0 Å². The van der Waals surface area contributed by atoms with E-state index >= 15 is 0 Å². The van der Waals surface area contributed by atoms with Crippen LogP contribution in [0, 0.1) is 10.1 Å². The molecule has 0 bridgehead atoms. The molecular formula is C22H21N3O3. The summed E-state index contributed by atoms with van der Waals surface area (Å²) < 4.78 is 0. The summed E-state index contributed by atoms with van der Waals surface area (Å²) in [6.07, 6.45) is 0. The summed E-state index contributed by atoms with van der Waals surface area (Å²) in [4.78, 5) is 24.6. The quantitative estimate of drug-likeness (QED) is 0.473. The van der Waals surface area contributed by atoms with Gasteiger partial charge in [-0.3, -0.25) is 10.1 Å². The maximum atomic E-state index is 12.6. The van der Waals surface area contributed by atoms with Crippen LogP contribution in [0.25, 0.3) is 11.1 Å². The Morgan fingerprint density at radius 2 is 1.61 bits per heavy atom. The molecule has 0 radical (unpaired) electrons. The maximum absolute atomic E-state index is 12.6. The van der Waals surface area contributed by atoms with Crippen molar-refractivity contribution in [1.82, 2.24) is 4.90 Å². The molecular weight excluding hydrogens is 354 g/mol. The average Bonchev–Trinajstić information content (AvgIpc) is 2.74. The van der Waals surface area contributed by atoms with E-state index in [-0.39, 0.29) is 17.8 Å². The molecule has 142 valence electrons. The van der Waals surface area contributed by atoms with Crippen molar-refractivity contribution >= 4 is 17.4 Å². The minimum atomic E-state index is -0.440. The number of hydrogen-bond donors (Lipinski definition) is 1. The van der Waals surface area contributed by atoms with E-state index in [9.17, 15) is 14.9 Å². The molecule has 1 atom stereocenters. The molecule has 0 heterocycles. The molecule has 0 spiro atoms. The molecule has 0 aliphatic carbocycles.